The molecule has 2 aromatic rings. The van der Waals surface area contributed by atoms with E-state index in [0.717, 1.165) is 22.2 Å². The maximum Gasteiger partial charge on any atom is 0.123 e. The summed E-state index contributed by atoms with van der Waals surface area (Å²) in [5, 5.41) is 4.44. The van der Waals surface area contributed by atoms with E-state index in [-0.39, 0.29) is 6.04 Å². The molecule has 1 N–H and O–H groups in total. The van der Waals surface area contributed by atoms with Gasteiger partial charge in [-0.2, -0.15) is 0 Å². The Balaban J connectivity index is 2.12. The molecule has 1 unspecified atom stereocenters. The second kappa shape index (κ2) is 7.48. The van der Waals surface area contributed by atoms with E-state index in [1.54, 1.807) is 18.9 Å². The number of ether oxygens (including phenoxy) is 1. The van der Waals surface area contributed by atoms with Gasteiger partial charge in [-0.25, -0.2) is 4.98 Å². The molecule has 0 radical (unpaired) electrons. The topological polar surface area (TPSA) is 34.2 Å². The largest absolute Gasteiger partial charge is 0.496 e. The van der Waals surface area contributed by atoms with Crippen molar-refractivity contribution in [2.75, 3.05) is 19.9 Å². The molecule has 0 saturated carbocycles. The Bertz CT molecular complexity index is 581. The predicted molar refractivity (Wildman–Crippen MR) is 89.2 cm³/mol. The van der Waals surface area contributed by atoms with Gasteiger partial charge in [-0.1, -0.05) is 18.2 Å². The standard InChI is InChI=1S/C17H22N2OS/c1-12-9-13(2)19-17(10-12)21-11-15(18-3)14-7-5-6-8-16(14)20-4/h5-10,15,18H,11H2,1-4H3. The highest BCUT2D eigenvalue weighted by Gasteiger charge is 2.14. The predicted octanol–water partition coefficient (Wildman–Crippen LogP) is 3.76. The van der Waals surface area contributed by atoms with Crippen LogP contribution in [0.1, 0.15) is 22.9 Å². The van der Waals surface area contributed by atoms with Crippen LogP contribution in [0.25, 0.3) is 0 Å². The molecular weight excluding hydrogens is 280 g/mol. The first kappa shape index (κ1) is 15.9. The van der Waals surface area contributed by atoms with E-state index in [0.29, 0.717) is 0 Å². The highest BCUT2D eigenvalue weighted by molar-refractivity contribution is 7.99. The van der Waals surface area contributed by atoms with Crippen molar-refractivity contribution in [3.63, 3.8) is 0 Å². The lowest BCUT2D eigenvalue weighted by Crippen LogP contribution is -2.19. The molecule has 1 heterocycles. The molecule has 0 aliphatic rings. The van der Waals surface area contributed by atoms with E-state index in [4.69, 9.17) is 4.74 Å². The fraction of sp³-hybridized carbons (Fsp3) is 0.353. The van der Waals surface area contributed by atoms with E-state index in [1.165, 1.54) is 11.1 Å². The number of methoxy groups -OCH3 is 1. The molecular formula is C17H22N2OS. The fourth-order valence-electron chi connectivity index (χ4n) is 2.33. The Morgan fingerprint density at radius 3 is 2.67 bits per heavy atom. The lowest BCUT2D eigenvalue weighted by molar-refractivity contribution is 0.404. The van der Waals surface area contributed by atoms with Gasteiger partial charge >= 0.3 is 0 Å². The highest BCUT2D eigenvalue weighted by atomic mass is 32.2. The first-order valence-electron chi connectivity index (χ1n) is 7.02. The summed E-state index contributed by atoms with van der Waals surface area (Å²) >= 11 is 1.77. The lowest BCUT2D eigenvalue weighted by atomic mass is 10.1. The van der Waals surface area contributed by atoms with Crippen molar-refractivity contribution in [3.05, 3.63) is 53.2 Å². The number of aryl methyl sites for hydroxylation is 2. The number of hydrogen-bond donors (Lipinski definition) is 1. The van der Waals surface area contributed by atoms with E-state index in [2.05, 4.69) is 35.4 Å². The number of nitrogens with zero attached hydrogens (tertiary/aromatic N) is 1. The minimum atomic E-state index is 0.230. The molecule has 1 aromatic carbocycles. The summed E-state index contributed by atoms with van der Waals surface area (Å²) in [7, 11) is 3.69. The average molecular weight is 302 g/mol. The highest BCUT2D eigenvalue weighted by Crippen LogP contribution is 2.29. The first-order chi connectivity index (χ1) is 10.1. The van der Waals surface area contributed by atoms with Crippen LogP contribution in [0.5, 0.6) is 5.75 Å². The molecule has 0 aliphatic heterocycles. The van der Waals surface area contributed by atoms with Crippen LogP contribution in [0.15, 0.2) is 41.4 Å². The van der Waals surface area contributed by atoms with Crippen LogP contribution in [-0.2, 0) is 0 Å². The van der Waals surface area contributed by atoms with Crippen molar-refractivity contribution in [2.24, 2.45) is 0 Å². The summed E-state index contributed by atoms with van der Waals surface area (Å²) in [6.45, 7) is 4.14. The monoisotopic (exact) mass is 302 g/mol. The van der Waals surface area contributed by atoms with Crippen LogP contribution in [-0.4, -0.2) is 24.9 Å². The van der Waals surface area contributed by atoms with Crippen molar-refractivity contribution in [1.82, 2.24) is 10.3 Å². The zero-order valence-electron chi connectivity index (χ0n) is 13.0. The third kappa shape index (κ3) is 4.22. The summed E-state index contributed by atoms with van der Waals surface area (Å²) in [6, 6.07) is 12.6. The van der Waals surface area contributed by atoms with E-state index in [1.807, 2.05) is 32.2 Å². The Hall–Kier alpha value is -1.52. The average Bonchev–Trinajstić information content (AvgIpc) is 2.47. The minimum Gasteiger partial charge on any atom is -0.496 e. The molecule has 2 rings (SSSR count). The van der Waals surface area contributed by atoms with Gasteiger partial charge in [0.15, 0.2) is 0 Å². The first-order valence-corrected chi connectivity index (χ1v) is 8.01. The van der Waals surface area contributed by atoms with Crippen LogP contribution in [0, 0.1) is 13.8 Å². The van der Waals surface area contributed by atoms with E-state index >= 15 is 0 Å². The van der Waals surface area contributed by atoms with Crippen LogP contribution in [0.3, 0.4) is 0 Å². The molecule has 21 heavy (non-hydrogen) atoms. The minimum absolute atomic E-state index is 0.230. The van der Waals surface area contributed by atoms with Crippen molar-refractivity contribution >= 4 is 11.8 Å². The lowest BCUT2D eigenvalue weighted by Gasteiger charge is -2.19. The van der Waals surface area contributed by atoms with Gasteiger partial charge in [0.2, 0.25) is 0 Å². The zero-order chi connectivity index (χ0) is 15.2. The van der Waals surface area contributed by atoms with Gasteiger partial charge in [-0.05, 0) is 44.7 Å². The Morgan fingerprint density at radius 2 is 2.00 bits per heavy atom. The van der Waals surface area contributed by atoms with Crippen LogP contribution in [0.2, 0.25) is 0 Å². The molecule has 0 bridgehead atoms. The van der Waals surface area contributed by atoms with Crippen molar-refractivity contribution in [2.45, 2.75) is 24.9 Å². The number of hydrogen-bond acceptors (Lipinski definition) is 4. The molecule has 0 amide bonds. The SMILES string of the molecule is CNC(CSc1cc(C)cc(C)n1)c1ccccc1OC. The molecule has 0 fully saturated rings. The fourth-order valence-corrected chi connectivity index (χ4v) is 3.49. The summed E-state index contributed by atoms with van der Waals surface area (Å²) in [5.41, 5.74) is 3.50. The smallest absolute Gasteiger partial charge is 0.123 e. The zero-order valence-corrected chi connectivity index (χ0v) is 13.8. The van der Waals surface area contributed by atoms with Gasteiger partial charge in [0.25, 0.3) is 0 Å². The van der Waals surface area contributed by atoms with Crippen molar-refractivity contribution < 1.29 is 4.74 Å². The number of aromatic nitrogens is 1. The van der Waals surface area contributed by atoms with Gasteiger partial charge in [-0.15, -0.1) is 11.8 Å². The quantitative estimate of drug-likeness (QED) is 0.824. The van der Waals surface area contributed by atoms with Crippen LogP contribution >= 0.6 is 11.8 Å². The molecule has 4 heteroatoms. The van der Waals surface area contributed by atoms with Crippen molar-refractivity contribution in [3.8, 4) is 5.75 Å². The summed E-state index contributed by atoms with van der Waals surface area (Å²) in [4.78, 5) is 4.58. The van der Waals surface area contributed by atoms with Gasteiger partial charge in [-0.3, -0.25) is 0 Å². The number of benzene rings is 1. The number of thioether (sulfide) groups is 1. The van der Waals surface area contributed by atoms with E-state index < -0.39 is 0 Å². The maximum atomic E-state index is 5.45. The Morgan fingerprint density at radius 1 is 1.24 bits per heavy atom. The molecule has 0 spiro atoms. The third-order valence-corrected chi connectivity index (χ3v) is 4.34. The molecule has 1 atom stereocenters. The van der Waals surface area contributed by atoms with E-state index in [9.17, 15) is 0 Å². The van der Waals surface area contributed by atoms with Gasteiger partial charge in [0, 0.05) is 23.1 Å². The van der Waals surface area contributed by atoms with Gasteiger partial charge < -0.3 is 10.1 Å². The number of para-hydroxylation sites is 1. The normalized spacial score (nSPS) is 12.2. The molecule has 112 valence electrons. The Kier molecular flexibility index (Phi) is 5.65. The second-order valence-corrected chi connectivity index (χ2v) is 6.06. The van der Waals surface area contributed by atoms with Gasteiger partial charge in [0.1, 0.15) is 5.75 Å². The molecule has 0 aliphatic carbocycles. The summed E-state index contributed by atoms with van der Waals surface area (Å²) < 4.78 is 5.45. The second-order valence-electron chi connectivity index (χ2n) is 5.02. The molecule has 0 saturated heterocycles. The molecule has 1 aromatic heterocycles. The molecule has 3 nitrogen and oxygen atoms in total. The van der Waals surface area contributed by atoms with Crippen molar-refractivity contribution in [1.29, 1.82) is 0 Å². The summed E-state index contributed by atoms with van der Waals surface area (Å²) in [5.74, 6) is 1.83. The maximum absolute atomic E-state index is 5.45. The number of nitrogens with one attached hydrogen (secondary N) is 1. The van der Waals surface area contributed by atoms with Crippen LogP contribution in [0.4, 0.5) is 0 Å². The third-order valence-electron chi connectivity index (χ3n) is 3.33. The number of rotatable bonds is 6. The van der Waals surface area contributed by atoms with Crippen LogP contribution < -0.4 is 10.1 Å². The number of pyridine rings is 1. The Labute approximate surface area is 131 Å². The summed E-state index contributed by atoms with van der Waals surface area (Å²) in [6.07, 6.45) is 0. The van der Waals surface area contributed by atoms with Gasteiger partial charge in [0.05, 0.1) is 12.1 Å².